The Balaban J connectivity index is 2.74. The molecule has 0 amide bonds. The van der Waals surface area contributed by atoms with Crippen LogP contribution in [0.1, 0.15) is 13.3 Å². The van der Waals surface area contributed by atoms with E-state index in [-0.39, 0.29) is 5.92 Å². The molecule has 0 radical (unpaired) electrons. The number of carbonyl (C=O) groups is 1. The molecule has 1 aliphatic carbocycles. The molecule has 0 aromatic carbocycles. The Morgan fingerprint density at radius 2 is 2.25 bits per heavy atom. The molecule has 0 aliphatic heterocycles. The highest BCUT2D eigenvalue weighted by molar-refractivity contribution is 5.73. The van der Waals surface area contributed by atoms with E-state index < -0.39 is 5.97 Å². The van der Waals surface area contributed by atoms with Crippen molar-refractivity contribution in [1.82, 2.24) is 0 Å². The van der Waals surface area contributed by atoms with Crippen LogP contribution in [0, 0.1) is 5.92 Å². The van der Waals surface area contributed by atoms with Crippen LogP contribution in [-0.4, -0.2) is 11.1 Å². The highest BCUT2D eigenvalue weighted by Gasteiger charge is 2.14. The highest BCUT2D eigenvalue weighted by Crippen LogP contribution is 2.17. The summed E-state index contributed by atoms with van der Waals surface area (Å²) in [6.07, 6.45) is 10.3. The first-order valence-corrected chi connectivity index (χ1v) is 3.97. The van der Waals surface area contributed by atoms with Crippen LogP contribution in [0.2, 0.25) is 0 Å². The fourth-order valence-electron chi connectivity index (χ4n) is 1.07. The Morgan fingerprint density at radius 1 is 1.50 bits per heavy atom. The summed E-state index contributed by atoms with van der Waals surface area (Å²) in [4.78, 5) is 10.6. The first kappa shape index (κ1) is 8.78. The average Bonchev–Trinajstić information content (AvgIpc) is 2.30. The summed E-state index contributed by atoms with van der Waals surface area (Å²) >= 11 is 0. The monoisotopic (exact) mass is 164 g/mol. The van der Waals surface area contributed by atoms with Gasteiger partial charge in [0.2, 0.25) is 0 Å². The molecule has 0 aromatic rings. The van der Waals surface area contributed by atoms with Crippen molar-refractivity contribution in [3.8, 4) is 0 Å². The molecule has 0 fully saturated rings. The van der Waals surface area contributed by atoms with Gasteiger partial charge in [0.15, 0.2) is 0 Å². The van der Waals surface area contributed by atoms with E-state index in [9.17, 15) is 4.79 Å². The van der Waals surface area contributed by atoms with Gasteiger partial charge in [-0.25, -0.2) is 0 Å². The van der Waals surface area contributed by atoms with Gasteiger partial charge >= 0.3 is 5.97 Å². The number of allylic oxidation sites excluding steroid dienone is 5. The summed E-state index contributed by atoms with van der Waals surface area (Å²) in [5.41, 5.74) is 0.951. The van der Waals surface area contributed by atoms with Crippen LogP contribution in [0.5, 0.6) is 0 Å². The zero-order valence-corrected chi connectivity index (χ0v) is 7.03. The van der Waals surface area contributed by atoms with Crippen LogP contribution in [0.15, 0.2) is 36.0 Å². The zero-order valence-electron chi connectivity index (χ0n) is 7.03. The molecule has 64 valence electrons. The fraction of sp³-hybridized carbons (Fsp3) is 0.300. The molecular formula is C10H12O2. The third kappa shape index (κ3) is 2.09. The Morgan fingerprint density at radius 3 is 2.92 bits per heavy atom. The molecular weight excluding hydrogens is 152 g/mol. The third-order valence-electron chi connectivity index (χ3n) is 1.95. The van der Waals surface area contributed by atoms with Crippen LogP contribution in [0.4, 0.5) is 0 Å². The van der Waals surface area contributed by atoms with E-state index in [2.05, 4.69) is 0 Å². The van der Waals surface area contributed by atoms with Gasteiger partial charge in [-0.05, 0) is 13.3 Å². The Hall–Kier alpha value is -1.31. The van der Waals surface area contributed by atoms with Crippen LogP contribution in [0.3, 0.4) is 0 Å². The van der Waals surface area contributed by atoms with Crippen molar-refractivity contribution >= 4 is 5.97 Å². The van der Waals surface area contributed by atoms with Crippen LogP contribution >= 0.6 is 0 Å². The van der Waals surface area contributed by atoms with Gasteiger partial charge in [-0.3, -0.25) is 4.79 Å². The Labute approximate surface area is 71.9 Å². The first-order chi connectivity index (χ1) is 5.72. The summed E-state index contributed by atoms with van der Waals surface area (Å²) in [6.45, 7) is 1.71. The maximum absolute atomic E-state index is 10.6. The lowest BCUT2D eigenvalue weighted by atomic mass is 9.98. The zero-order chi connectivity index (χ0) is 8.97. The van der Waals surface area contributed by atoms with E-state index in [0.29, 0.717) is 0 Å². The number of hydrogen-bond donors (Lipinski definition) is 1. The first-order valence-electron chi connectivity index (χ1n) is 3.97. The van der Waals surface area contributed by atoms with Gasteiger partial charge in [-0.2, -0.15) is 0 Å². The molecule has 1 atom stereocenters. The van der Waals surface area contributed by atoms with Crippen molar-refractivity contribution in [1.29, 1.82) is 0 Å². The predicted octanol–water partition coefficient (Wildman–Crippen LogP) is 2.15. The van der Waals surface area contributed by atoms with Crippen molar-refractivity contribution in [2.75, 3.05) is 0 Å². The van der Waals surface area contributed by atoms with Gasteiger partial charge in [0.05, 0.1) is 5.92 Å². The standard InChI is InChI=1S/C10H12O2/c1-8(10(11)12)9-6-4-2-3-5-7-9/h2-6,8H,7H2,1H3,(H,11,12). The molecule has 1 unspecified atom stereocenters. The maximum atomic E-state index is 10.6. The van der Waals surface area contributed by atoms with Crippen molar-refractivity contribution < 1.29 is 9.90 Å². The molecule has 2 heteroatoms. The summed E-state index contributed by atoms with van der Waals surface area (Å²) in [5.74, 6) is -1.14. The van der Waals surface area contributed by atoms with E-state index in [4.69, 9.17) is 5.11 Å². The second-order valence-corrected chi connectivity index (χ2v) is 2.82. The molecule has 2 nitrogen and oxygen atoms in total. The van der Waals surface area contributed by atoms with Gasteiger partial charge < -0.3 is 5.11 Å². The molecule has 0 saturated heterocycles. The van der Waals surface area contributed by atoms with Crippen LogP contribution < -0.4 is 0 Å². The van der Waals surface area contributed by atoms with Crippen molar-refractivity contribution in [2.45, 2.75) is 13.3 Å². The smallest absolute Gasteiger partial charge is 0.310 e. The maximum Gasteiger partial charge on any atom is 0.310 e. The molecule has 0 saturated carbocycles. The normalized spacial score (nSPS) is 18.2. The van der Waals surface area contributed by atoms with Crippen LogP contribution in [-0.2, 0) is 4.79 Å². The molecule has 0 spiro atoms. The topological polar surface area (TPSA) is 37.3 Å². The number of aliphatic carboxylic acids is 1. The quantitative estimate of drug-likeness (QED) is 0.679. The molecule has 12 heavy (non-hydrogen) atoms. The summed E-state index contributed by atoms with van der Waals surface area (Å²) in [7, 11) is 0. The molecule has 0 heterocycles. The fourth-order valence-corrected chi connectivity index (χ4v) is 1.07. The largest absolute Gasteiger partial charge is 0.481 e. The van der Waals surface area contributed by atoms with Crippen LogP contribution in [0.25, 0.3) is 0 Å². The van der Waals surface area contributed by atoms with E-state index in [1.54, 1.807) is 6.92 Å². The molecule has 1 rings (SSSR count). The molecule has 0 aromatic heterocycles. The van der Waals surface area contributed by atoms with E-state index in [1.807, 2.05) is 30.4 Å². The SMILES string of the molecule is CC(C(=O)O)C1=CC=CC=CC1. The molecule has 1 N–H and O–H groups in total. The lowest BCUT2D eigenvalue weighted by molar-refractivity contribution is -0.139. The van der Waals surface area contributed by atoms with Gasteiger partial charge in [0.25, 0.3) is 0 Å². The van der Waals surface area contributed by atoms with Gasteiger partial charge in [-0.15, -0.1) is 0 Å². The Bertz CT molecular complexity index is 259. The minimum absolute atomic E-state index is 0.377. The minimum Gasteiger partial charge on any atom is -0.481 e. The lowest BCUT2D eigenvalue weighted by Crippen LogP contribution is -2.11. The van der Waals surface area contributed by atoms with Crippen molar-refractivity contribution in [3.63, 3.8) is 0 Å². The van der Waals surface area contributed by atoms with E-state index in [0.717, 1.165) is 12.0 Å². The molecule has 0 bridgehead atoms. The van der Waals surface area contributed by atoms with Gasteiger partial charge in [-0.1, -0.05) is 36.0 Å². The second-order valence-electron chi connectivity index (χ2n) is 2.82. The highest BCUT2D eigenvalue weighted by atomic mass is 16.4. The lowest BCUT2D eigenvalue weighted by Gasteiger charge is -2.07. The molecule has 1 aliphatic rings. The number of carboxylic acid groups (broad SMARTS) is 1. The number of carboxylic acids is 1. The van der Waals surface area contributed by atoms with Crippen molar-refractivity contribution in [2.24, 2.45) is 5.92 Å². The van der Waals surface area contributed by atoms with Crippen molar-refractivity contribution in [3.05, 3.63) is 36.0 Å². The predicted molar refractivity (Wildman–Crippen MR) is 47.8 cm³/mol. The summed E-state index contributed by atoms with van der Waals surface area (Å²) in [6, 6.07) is 0. The minimum atomic E-state index is -0.759. The van der Waals surface area contributed by atoms with E-state index in [1.165, 1.54) is 0 Å². The third-order valence-corrected chi connectivity index (χ3v) is 1.95. The second kappa shape index (κ2) is 3.90. The summed E-state index contributed by atoms with van der Waals surface area (Å²) in [5, 5.41) is 8.74. The number of hydrogen-bond acceptors (Lipinski definition) is 1. The average molecular weight is 164 g/mol. The van der Waals surface area contributed by atoms with E-state index >= 15 is 0 Å². The summed E-state index contributed by atoms with van der Waals surface area (Å²) < 4.78 is 0. The van der Waals surface area contributed by atoms with Gasteiger partial charge in [0.1, 0.15) is 0 Å². The van der Waals surface area contributed by atoms with Gasteiger partial charge in [0, 0.05) is 0 Å². The number of rotatable bonds is 2. The Kier molecular flexibility index (Phi) is 2.86.